The molecule has 140 valence electrons. The van der Waals surface area contributed by atoms with Crippen LogP contribution in [0.4, 0.5) is 10.1 Å². The molecule has 28 heavy (non-hydrogen) atoms. The molecule has 0 aromatic heterocycles. The molecule has 1 aliphatic heterocycles. The normalized spacial score (nSPS) is 11.1. The van der Waals surface area contributed by atoms with Gasteiger partial charge in [-0.2, -0.15) is 0 Å². The number of phenols is 1. The van der Waals surface area contributed by atoms with E-state index < -0.39 is 28.5 Å². The zero-order chi connectivity index (χ0) is 20.0. The van der Waals surface area contributed by atoms with Gasteiger partial charge in [0.1, 0.15) is 22.6 Å². The van der Waals surface area contributed by atoms with E-state index in [4.69, 9.17) is 4.42 Å². The van der Waals surface area contributed by atoms with Crippen molar-refractivity contribution >= 4 is 22.8 Å². The molecule has 0 spiro atoms. The molecule has 1 heterocycles. The number of halogens is 1. The molecule has 0 atom stereocenters. The fraction of sp³-hybridized carbons (Fsp3) is 0.0500. The van der Waals surface area contributed by atoms with Crippen molar-refractivity contribution in [3.8, 4) is 28.3 Å². The van der Waals surface area contributed by atoms with Crippen LogP contribution in [0.25, 0.3) is 33.7 Å². The summed E-state index contributed by atoms with van der Waals surface area (Å²) in [5, 5.41) is 23.1. The van der Waals surface area contributed by atoms with E-state index in [9.17, 15) is 24.2 Å². The second-order valence-corrected chi connectivity index (χ2v) is 6.06. The number of anilines is 1. The Labute approximate surface area is 157 Å². The Morgan fingerprint density at radius 1 is 1.18 bits per heavy atom. The van der Waals surface area contributed by atoms with E-state index in [1.54, 1.807) is 25.2 Å². The Morgan fingerprint density at radius 2 is 1.89 bits per heavy atom. The number of carboxylic acid groups (broad SMARTS) is 1. The number of aromatic nitrogens is 1. The first-order chi connectivity index (χ1) is 13.4. The Morgan fingerprint density at radius 3 is 2.54 bits per heavy atom. The largest absolute Gasteiger partial charge is 0.501 e. The van der Waals surface area contributed by atoms with Crippen LogP contribution < -0.4 is 10.7 Å². The summed E-state index contributed by atoms with van der Waals surface area (Å²) in [4.78, 5) is 29.0. The van der Waals surface area contributed by atoms with Crippen LogP contribution in [0.3, 0.4) is 0 Å². The highest BCUT2D eigenvalue weighted by molar-refractivity contribution is 6.04. The van der Waals surface area contributed by atoms with Crippen molar-refractivity contribution in [3.63, 3.8) is 0 Å². The predicted molar refractivity (Wildman–Crippen MR) is 100 cm³/mol. The monoisotopic (exact) mass is 380 g/mol. The fourth-order valence-corrected chi connectivity index (χ4v) is 3.06. The molecule has 1 aliphatic carbocycles. The smallest absolute Gasteiger partial charge is 0.338 e. The topological polar surface area (TPSA) is 113 Å². The number of phenolic OH excluding ortho intramolecular Hbond substituents is 1. The van der Waals surface area contributed by atoms with Gasteiger partial charge in [0.15, 0.2) is 11.3 Å². The van der Waals surface area contributed by atoms with E-state index in [1.807, 2.05) is 0 Å². The van der Waals surface area contributed by atoms with Gasteiger partial charge < -0.3 is 19.9 Å². The Bertz CT molecular complexity index is 1260. The van der Waals surface area contributed by atoms with Gasteiger partial charge in [-0.25, -0.2) is 14.2 Å². The molecule has 0 saturated carbocycles. The van der Waals surface area contributed by atoms with Crippen molar-refractivity contribution in [2.24, 2.45) is 0 Å². The third-order valence-electron chi connectivity index (χ3n) is 4.40. The number of fused-ring (bicyclic) bond motifs is 2. The highest BCUT2D eigenvalue weighted by Gasteiger charge is 2.30. The molecule has 0 fully saturated rings. The van der Waals surface area contributed by atoms with Crippen LogP contribution in [0, 0.1) is 5.82 Å². The minimum atomic E-state index is -1.42. The number of aromatic hydroxyl groups is 1. The van der Waals surface area contributed by atoms with Crippen molar-refractivity contribution in [2.75, 3.05) is 12.4 Å². The van der Waals surface area contributed by atoms with Crippen LogP contribution in [-0.2, 0) is 0 Å². The maximum atomic E-state index is 13.3. The van der Waals surface area contributed by atoms with Crippen molar-refractivity contribution in [1.29, 1.82) is 0 Å². The molecule has 2 aromatic rings. The minimum absolute atomic E-state index is 0.147. The molecule has 3 N–H and O–H groups in total. The van der Waals surface area contributed by atoms with Gasteiger partial charge in [0.05, 0.1) is 5.56 Å². The van der Waals surface area contributed by atoms with Crippen molar-refractivity contribution < 1.29 is 23.8 Å². The number of rotatable bonds is 3. The van der Waals surface area contributed by atoms with Gasteiger partial charge in [-0.05, 0) is 29.8 Å². The molecule has 4 rings (SSSR count). The summed E-state index contributed by atoms with van der Waals surface area (Å²) in [5.41, 5.74) is -0.356. The first-order valence-corrected chi connectivity index (χ1v) is 8.21. The number of aromatic carboxylic acids is 1. The van der Waals surface area contributed by atoms with Crippen molar-refractivity contribution in [1.82, 2.24) is 4.98 Å². The van der Waals surface area contributed by atoms with Crippen LogP contribution in [0.15, 0.2) is 51.7 Å². The summed E-state index contributed by atoms with van der Waals surface area (Å²) in [5.74, 6) is -3.05. The Balaban J connectivity index is 2.15. The highest BCUT2D eigenvalue weighted by atomic mass is 19.1. The molecule has 0 radical (unpaired) electrons. The van der Waals surface area contributed by atoms with Crippen molar-refractivity contribution in [2.45, 2.75) is 0 Å². The third-order valence-corrected chi connectivity index (χ3v) is 4.40. The van der Waals surface area contributed by atoms with Crippen LogP contribution in [0.2, 0.25) is 0 Å². The van der Waals surface area contributed by atoms with Gasteiger partial charge in [-0.3, -0.25) is 4.79 Å². The average Bonchev–Trinajstić information content (AvgIpc) is 2.69. The lowest BCUT2D eigenvalue weighted by Gasteiger charge is -2.15. The van der Waals surface area contributed by atoms with E-state index in [2.05, 4.69) is 10.3 Å². The molecule has 0 saturated heterocycles. The maximum Gasteiger partial charge on any atom is 0.338 e. The van der Waals surface area contributed by atoms with E-state index in [-0.39, 0.29) is 28.2 Å². The van der Waals surface area contributed by atoms with Gasteiger partial charge in [0.25, 0.3) is 0 Å². The minimum Gasteiger partial charge on any atom is -0.501 e. The molecule has 2 aliphatic rings. The predicted octanol–water partition coefficient (Wildman–Crippen LogP) is 3.54. The number of benzene rings is 3. The van der Waals surface area contributed by atoms with Gasteiger partial charge in [-0.15, -0.1) is 0 Å². The molecule has 7 nitrogen and oxygen atoms in total. The highest BCUT2D eigenvalue weighted by Crippen LogP contribution is 2.38. The first kappa shape index (κ1) is 17.5. The Hall–Kier alpha value is -3.94. The lowest BCUT2D eigenvalue weighted by Crippen LogP contribution is -2.16. The second-order valence-electron chi connectivity index (χ2n) is 6.06. The van der Waals surface area contributed by atoms with E-state index in [0.717, 1.165) is 12.1 Å². The lowest BCUT2D eigenvalue weighted by molar-refractivity contribution is 0.0698. The van der Waals surface area contributed by atoms with Gasteiger partial charge in [-0.1, -0.05) is 12.1 Å². The number of carbonyl (C=O) groups is 1. The van der Waals surface area contributed by atoms with Crippen molar-refractivity contribution in [3.05, 3.63) is 64.1 Å². The zero-order valence-electron chi connectivity index (χ0n) is 14.5. The van der Waals surface area contributed by atoms with Crippen LogP contribution in [0.5, 0.6) is 5.75 Å². The maximum absolute atomic E-state index is 13.3. The number of nitrogens with zero attached hydrogens (tertiary/aromatic N) is 1. The second kappa shape index (κ2) is 6.34. The standard InChI is InChI=1S/C20H13FN2O5/c1-22-11-6-7-12-13(8-11)28-19-16(23-12)15(20(26)27)14(17(24)18(19)25)9-2-4-10(21)5-3-9/h2-8,22,25H,1H3,(H,26,27). The Kier molecular flexibility index (Phi) is 3.96. The van der Waals surface area contributed by atoms with E-state index in [0.29, 0.717) is 11.2 Å². The molecule has 0 amide bonds. The summed E-state index contributed by atoms with van der Waals surface area (Å²) < 4.78 is 18.9. The zero-order valence-corrected chi connectivity index (χ0v) is 14.5. The molecular formula is C20H13FN2O5. The summed E-state index contributed by atoms with van der Waals surface area (Å²) in [7, 11) is 1.71. The number of nitrogens with one attached hydrogen (secondary N) is 1. The summed E-state index contributed by atoms with van der Waals surface area (Å²) in [6.45, 7) is 0. The number of hydrogen-bond acceptors (Lipinski definition) is 6. The quantitative estimate of drug-likeness (QED) is 0.466. The fourth-order valence-electron chi connectivity index (χ4n) is 3.06. The third kappa shape index (κ3) is 2.62. The molecule has 0 bridgehead atoms. The SMILES string of the molecule is CNc1ccc2nc3c(C(=O)O)c(-c4ccc(F)cc4)c(=O)c(O)c-3oc2c1. The first-order valence-electron chi connectivity index (χ1n) is 8.21. The molecule has 2 aromatic carbocycles. The van der Waals surface area contributed by atoms with Crippen LogP contribution >= 0.6 is 0 Å². The van der Waals surface area contributed by atoms with Gasteiger partial charge in [0.2, 0.25) is 11.2 Å². The number of hydrogen-bond donors (Lipinski definition) is 3. The van der Waals surface area contributed by atoms with Gasteiger partial charge in [0, 0.05) is 18.8 Å². The number of carboxylic acids is 1. The summed E-state index contributed by atoms with van der Waals surface area (Å²) in [6, 6.07) is 9.68. The average molecular weight is 380 g/mol. The molecular weight excluding hydrogens is 367 g/mol. The van der Waals surface area contributed by atoms with Gasteiger partial charge >= 0.3 is 5.97 Å². The van der Waals surface area contributed by atoms with Crippen LogP contribution in [0.1, 0.15) is 10.4 Å². The summed E-state index contributed by atoms with van der Waals surface area (Å²) in [6.07, 6.45) is 0. The van der Waals surface area contributed by atoms with E-state index in [1.165, 1.54) is 12.1 Å². The van der Waals surface area contributed by atoms with E-state index >= 15 is 0 Å². The lowest BCUT2D eigenvalue weighted by atomic mass is 9.94. The molecule has 0 unspecified atom stereocenters. The molecule has 8 heteroatoms. The summed E-state index contributed by atoms with van der Waals surface area (Å²) >= 11 is 0. The van der Waals surface area contributed by atoms with Crippen LogP contribution in [-0.4, -0.2) is 28.2 Å².